The summed E-state index contributed by atoms with van der Waals surface area (Å²) in [7, 11) is 0. The molecule has 1 aliphatic rings. The van der Waals surface area contributed by atoms with Crippen LogP contribution in [0.5, 0.6) is 0 Å². The van der Waals surface area contributed by atoms with E-state index < -0.39 is 11.8 Å². The smallest absolute Gasteiger partial charge is 0.145 e. The summed E-state index contributed by atoms with van der Waals surface area (Å²) in [5.74, 6) is 0. The van der Waals surface area contributed by atoms with Crippen LogP contribution in [0.15, 0.2) is 30.3 Å². The van der Waals surface area contributed by atoms with E-state index in [1.54, 1.807) is 12.1 Å². The number of benzene rings is 1. The highest BCUT2D eigenvalue weighted by Gasteiger charge is 2.40. The lowest BCUT2D eigenvalue weighted by Crippen LogP contribution is -2.49. The maximum absolute atomic E-state index is 13.6. The number of nitrogens with one attached hydrogen (secondary N) is 1. The molecule has 1 heterocycles. The topological polar surface area (TPSA) is 32.3 Å². The van der Waals surface area contributed by atoms with Crippen molar-refractivity contribution in [2.24, 2.45) is 0 Å². The first-order valence-corrected chi connectivity index (χ1v) is 4.86. The van der Waals surface area contributed by atoms with E-state index in [2.05, 4.69) is 5.32 Å². The maximum Gasteiger partial charge on any atom is 0.145 e. The quantitative estimate of drug-likeness (QED) is 0.706. The van der Waals surface area contributed by atoms with Gasteiger partial charge in [-0.1, -0.05) is 30.3 Å². The lowest BCUT2D eigenvalue weighted by molar-refractivity contribution is -0.0607. The van der Waals surface area contributed by atoms with Crippen molar-refractivity contribution < 1.29 is 9.50 Å². The second-order valence-electron chi connectivity index (χ2n) is 3.71. The predicted octanol–water partition coefficient (Wildman–Crippen LogP) is 1.21. The minimum atomic E-state index is -1.30. The number of alkyl halides is 1. The number of hydrogen-bond acceptors (Lipinski definition) is 2. The molecule has 3 heteroatoms. The fourth-order valence-electron chi connectivity index (χ4n) is 1.89. The molecule has 0 spiro atoms. The van der Waals surface area contributed by atoms with Gasteiger partial charge < -0.3 is 10.4 Å². The Kier molecular flexibility index (Phi) is 2.52. The van der Waals surface area contributed by atoms with Gasteiger partial charge >= 0.3 is 0 Å². The second kappa shape index (κ2) is 3.67. The van der Waals surface area contributed by atoms with E-state index in [4.69, 9.17) is 0 Å². The van der Waals surface area contributed by atoms with Crippen molar-refractivity contribution in [1.82, 2.24) is 5.32 Å². The summed E-state index contributed by atoms with van der Waals surface area (Å²) in [4.78, 5) is 0. The molecule has 2 unspecified atom stereocenters. The molecule has 1 saturated heterocycles. The van der Waals surface area contributed by atoms with E-state index in [-0.39, 0.29) is 6.54 Å². The van der Waals surface area contributed by atoms with Crippen LogP contribution >= 0.6 is 0 Å². The molecular weight excluding hydrogens is 181 g/mol. The first kappa shape index (κ1) is 9.62. The van der Waals surface area contributed by atoms with Gasteiger partial charge in [0.1, 0.15) is 11.8 Å². The monoisotopic (exact) mass is 195 g/mol. The molecule has 1 aromatic rings. The molecule has 1 aliphatic heterocycles. The number of rotatable bonds is 1. The van der Waals surface area contributed by atoms with E-state index in [1.807, 2.05) is 18.2 Å². The Morgan fingerprint density at radius 2 is 2.07 bits per heavy atom. The summed E-state index contributed by atoms with van der Waals surface area (Å²) in [5.41, 5.74) is -0.624. The highest BCUT2D eigenvalue weighted by Crippen LogP contribution is 2.32. The molecule has 2 N–H and O–H groups in total. The molecule has 0 bridgehead atoms. The van der Waals surface area contributed by atoms with Crippen LogP contribution in [0, 0.1) is 0 Å². The normalized spacial score (nSPS) is 32.9. The Labute approximate surface area is 82.8 Å². The second-order valence-corrected chi connectivity index (χ2v) is 3.71. The van der Waals surface area contributed by atoms with E-state index in [0.717, 1.165) is 0 Å². The van der Waals surface area contributed by atoms with E-state index in [1.165, 1.54) is 0 Å². The van der Waals surface area contributed by atoms with Crippen molar-refractivity contribution in [2.75, 3.05) is 13.1 Å². The zero-order valence-electron chi connectivity index (χ0n) is 7.91. The fourth-order valence-corrected chi connectivity index (χ4v) is 1.89. The van der Waals surface area contributed by atoms with Crippen LogP contribution in [0.2, 0.25) is 0 Å². The van der Waals surface area contributed by atoms with Gasteiger partial charge in [0.15, 0.2) is 0 Å². The first-order chi connectivity index (χ1) is 6.73. The molecule has 1 fully saturated rings. The van der Waals surface area contributed by atoms with Crippen LogP contribution in [0.3, 0.4) is 0 Å². The highest BCUT2D eigenvalue weighted by molar-refractivity contribution is 5.24. The van der Waals surface area contributed by atoms with Crippen molar-refractivity contribution in [3.8, 4) is 0 Å². The Hall–Kier alpha value is -0.930. The molecule has 0 saturated carbocycles. The third kappa shape index (κ3) is 1.53. The first-order valence-electron chi connectivity index (χ1n) is 4.86. The number of aliphatic hydroxyl groups is 1. The Morgan fingerprint density at radius 3 is 2.71 bits per heavy atom. The van der Waals surface area contributed by atoms with Gasteiger partial charge in [0.25, 0.3) is 0 Å². The van der Waals surface area contributed by atoms with E-state index in [0.29, 0.717) is 18.5 Å². The summed E-state index contributed by atoms with van der Waals surface area (Å²) in [6.07, 6.45) is -0.795. The number of piperidine rings is 1. The van der Waals surface area contributed by atoms with Crippen LogP contribution in [0.1, 0.15) is 12.0 Å². The molecule has 2 atom stereocenters. The molecule has 2 nitrogen and oxygen atoms in total. The molecule has 1 aromatic carbocycles. The summed E-state index contributed by atoms with van der Waals surface area (Å²) >= 11 is 0. The summed E-state index contributed by atoms with van der Waals surface area (Å²) in [6.45, 7) is 0.886. The van der Waals surface area contributed by atoms with Gasteiger partial charge in [-0.05, 0) is 18.5 Å². The Morgan fingerprint density at radius 1 is 1.36 bits per heavy atom. The average molecular weight is 195 g/mol. The van der Waals surface area contributed by atoms with Crippen molar-refractivity contribution in [1.29, 1.82) is 0 Å². The minimum Gasteiger partial charge on any atom is -0.382 e. The van der Waals surface area contributed by atoms with Crippen LogP contribution < -0.4 is 5.32 Å². The Bertz CT molecular complexity index is 303. The minimum absolute atomic E-state index is 0.228. The van der Waals surface area contributed by atoms with Gasteiger partial charge in [-0.3, -0.25) is 0 Å². The SMILES string of the molecule is OC1(c2ccccc2)CCNCC1F. The molecule has 0 amide bonds. The van der Waals surface area contributed by atoms with Gasteiger partial charge in [0.05, 0.1) is 0 Å². The lowest BCUT2D eigenvalue weighted by Gasteiger charge is -2.36. The summed E-state index contributed by atoms with van der Waals surface area (Å²) in [6, 6.07) is 9.06. The van der Waals surface area contributed by atoms with Gasteiger partial charge in [0.2, 0.25) is 0 Å². The number of halogens is 1. The summed E-state index contributed by atoms with van der Waals surface area (Å²) < 4.78 is 13.6. The van der Waals surface area contributed by atoms with Crippen molar-refractivity contribution >= 4 is 0 Å². The molecule has 14 heavy (non-hydrogen) atoms. The van der Waals surface area contributed by atoms with E-state index >= 15 is 0 Å². The molecule has 76 valence electrons. The molecular formula is C11H14FNO. The van der Waals surface area contributed by atoms with Crippen LogP contribution in [-0.4, -0.2) is 24.4 Å². The predicted molar refractivity (Wildman–Crippen MR) is 52.7 cm³/mol. The molecule has 2 rings (SSSR count). The van der Waals surface area contributed by atoms with Crippen molar-refractivity contribution in [3.63, 3.8) is 0 Å². The highest BCUT2D eigenvalue weighted by atomic mass is 19.1. The Balaban J connectivity index is 2.30. The van der Waals surface area contributed by atoms with Gasteiger partial charge in [-0.2, -0.15) is 0 Å². The average Bonchev–Trinajstić information content (AvgIpc) is 2.24. The van der Waals surface area contributed by atoms with Gasteiger partial charge in [0, 0.05) is 6.54 Å². The van der Waals surface area contributed by atoms with Crippen LogP contribution in [0.4, 0.5) is 4.39 Å². The van der Waals surface area contributed by atoms with Crippen molar-refractivity contribution in [3.05, 3.63) is 35.9 Å². The molecule has 0 aromatic heterocycles. The lowest BCUT2D eigenvalue weighted by atomic mass is 9.84. The molecule has 0 radical (unpaired) electrons. The van der Waals surface area contributed by atoms with E-state index in [9.17, 15) is 9.50 Å². The zero-order chi connectivity index (χ0) is 10.0. The maximum atomic E-state index is 13.6. The number of hydrogen-bond donors (Lipinski definition) is 2. The van der Waals surface area contributed by atoms with Crippen LogP contribution in [-0.2, 0) is 5.60 Å². The third-order valence-corrected chi connectivity index (χ3v) is 2.80. The third-order valence-electron chi connectivity index (χ3n) is 2.80. The largest absolute Gasteiger partial charge is 0.382 e. The van der Waals surface area contributed by atoms with Crippen LogP contribution in [0.25, 0.3) is 0 Å². The van der Waals surface area contributed by atoms with Gasteiger partial charge in [-0.15, -0.1) is 0 Å². The summed E-state index contributed by atoms with van der Waals surface area (Å²) in [5, 5.41) is 13.1. The fraction of sp³-hybridized carbons (Fsp3) is 0.455. The zero-order valence-corrected chi connectivity index (χ0v) is 7.91. The van der Waals surface area contributed by atoms with Gasteiger partial charge in [-0.25, -0.2) is 4.39 Å². The molecule has 0 aliphatic carbocycles. The standard InChI is InChI=1S/C11H14FNO/c12-10-8-13-7-6-11(10,14)9-4-2-1-3-5-9/h1-5,10,13-14H,6-8H2. The van der Waals surface area contributed by atoms with Crippen molar-refractivity contribution in [2.45, 2.75) is 18.2 Å².